The zero-order valence-electron chi connectivity index (χ0n) is 18.2. The third kappa shape index (κ3) is 4.66. The maximum atomic E-state index is 13.2. The lowest BCUT2D eigenvalue weighted by Crippen LogP contribution is -2.44. The number of hydrogen-bond acceptors (Lipinski definition) is 5. The highest BCUT2D eigenvalue weighted by molar-refractivity contribution is 7.99. The van der Waals surface area contributed by atoms with E-state index in [4.69, 9.17) is 4.74 Å². The molecule has 7 heteroatoms. The van der Waals surface area contributed by atoms with E-state index in [9.17, 15) is 4.79 Å². The number of carbonyl (C=O) groups is 1. The van der Waals surface area contributed by atoms with E-state index >= 15 is 0 Å². The van der Waals surface area contributed by atoms with Gasteiger partial charge in [0.1, 0.15) is 5.75 Å². The predicted molar refractivity (Wildman–Crippen MR) is 120 cm³/mol. The molecular weight excluding hydrogens is 396 g/mol. The zero-order valence-corrected chi connectivity index (χ0v) is 19.0. The third-order valence-electron chi connectivity index (χ3n) is 6.31. The number of rotatable bonds is 8. The fraction of sp³-hybridized carbons (Fsp3) is 0.609. The molecule has 0 spiro atoms. The van der Waals surface area contributed by atoms with Gasteiger partial charge in [-0.25, -0.2) is 0 Å². The molecule has 0 aliphatic heterocycles. The van der Waals surface area contributed by atoms with E-state index in [0.29, 0.717) is 17.8 Å². The molecule has 0 N–H and O–H groups in total. The van der Waals surface area contributed by atoms with Crippen LogP contribution in [0.4, 0.5) is 0 Å². The maximum Gasteiger partial charge on any atom is 0.233 e. The number of amides is 1. The number of hydrogen-bond donors (Lipinski definition) is 0. The smallest absolute Gasteiger partial charge is 0.233 e. The third-order valence-corrected chi connectivity index (χ3v) is 7.26. The van der Waals surface area contributed by atoms with E-state index in [-0.39, 0.29) is 5.91 Å². The van der Waals surface area contributed by atoms with Crippen molar-refractivity contribution in [2.24, 2.45) is 5.92 Å². The van der Waals surface area contributed by atoms with Crippen LogP contribution in [0.1, 0.15) is 52.4 Å². The lowest BCUT2D eigenvalue weighted by molar-refractivity contribution is -0.132. The van der Waals surface area contributed by atoms with Crippen LogP contribution in [0.2, 0.25) is 0 Å². The standard InChI is InChI=1S/C23H32N4O2S/c1-4-26-22(17-7-13-20(29-3)14-8-17)24-25-23(26)30-15-21(28)27(19-11-12-19)18-9-5-16(2)6-10-18/h7-8,13-14,16,18-19H,4-6,9-12,15H2,1-3H3. The van der Waals surface area contributed by atoms with E-state index in [2.05, 4.69) is 33.5 Å². The van der Waals surface area contributed by atoms with Gasteiger partial charge in [0, 0.05) is 24.2 Å². The van der Waals surface area contributed by atoms with Crippen LogP contribution in [0.25, 0.3) is 11.4 Å². The summed E-state index contributed by atoms with van der Waals surface area (Å²) >= 11 is 1.51. The van der Waals surface area contributed by atoms with Crippen molar-refractivity contribution >= 4 is 17.7 Å². The Hall–Kier alpha value is -2.02. The molecule has 2 saturated carbocycles. The van der Waals surface area contributed by atoms with Crippen LogP contribution in [0.15, 0.2) is 29.4 Å². The SMILES string of the molecule is CCn1c(SCC(=O)N(C2CCC(C)CC2)C2CC2)nnc1-c1ccc(OC)cc1. The van der Waals surface area contributed by atoms with Gasteiger partial charge in [-0.3, -0.25) is 4.79 Å². The van der Waals surface area contributed by atoms with Crippen molar-refractivity contribution in [2.75, 3.05) is 12.9 Å². The van der Waals surface area contributed by atoms with Gasteiger partial charge in [0.05, 0.1) is 12.9 Å². The van der Waals surface area contributed by atoms with Crippen molar-refractivity contribution in [3.05, 3.63) is 24.3 Å². The summed E-state index contributed by atoms with van der Waals surface area (Å²) in [6.45, 7) is 5.17. The van der Waals surface area contributed by atoms with Crippen LogP contribution in [0, 0.1) is 5.92 Å². The Bertz CT molecular complexity index is 855. The topological polar surface area (TPSA) is 60.2 Å². The lowest BCUT2D eigenvalue weighted by Gasteiger charge is -2.36. The molecule has 1 aromatic heterocycles. The molecule has 0 unspecified atom stereocenters. The fourth-order valence-corrected chi connectivity index (χ4v) is 5.29. The van der Waals surface area contributed by atoms with Gasteiger partial charge in [0.2, 0.25) is 5.91 Å². The summed E-state index contributed by atoms with van der Waals surface area (Å²) in [5.41, 5.74) is 0.999. The molecule has 2 aromatic rings. The van der Waals surface area contributed by atoms with Gasteiger partial charge in [0.25, 0.3) is 0 Å². The van der Waals surface area contributed by atoms with E-state index in [1.54, 1.807) is 7.11 Å². The zero-order chi connectivity index (χ0) is 21.1. The summed E-state index contributed by atoms with van der Waals surface area (Å²) in [6, 6.07) is 8.75. The molecule has 0 bridgehead atoms. The second kappa shape index (κ2) is 9.41. The van der Waals surface area contributed by atoms with Gasteiger partial charge in [-0.1, -0.05) is 18.7 Å². The number of carbonyl (C=O) groups excluding carboxylic acids is 1. The summed E-state index contributed by atoms with van der Waals surface area (Å²) in [5, 5.41) is 9.61. The first-order valence-electron chi connectivity index (χ1n) is 11.1. The van der Waals surface area contributed by atoms with Crippen molar-refractivity contribution in [3.8, 4) is 17.1 Å². The molecular formula is C23H32N4O2S. The van der Waals surface area contributed by atoms with Crippen LogP contribution >= 0.6 is 11.8 Å². The van der Waals surface area contributed by atoms with Crippen molar-refractivity contribution in [2.45, 2.75) is 76.2 Å². The molecule has 0 radical (unpaired) electrons. The fourth-order valence-electron chi connectivity index (χ4n) is 4.41. The molecule has 0 saturated heterocycles. The summed E-state index contributed by atoms with van der Waals surface area (Å²) in [4.78, 5) is 15.4. The average molecular weight is 429 g/mol. The second-order valence-corrected chi connectivity index (χ2v) is 9.46. The normalized spacial score (nSPS) is 21.4. The largest absolute Gasteiger partial charge is 0.497 e. The predicted octanol–water partition coefficient (Wildman–Crippen LogP) is 4.64. The average Bonchev–Trinajstić information content (AvgIpc) is 3.52. The molecule has 0 atom stereocenters. The molecule has 1 aromatic carbocycles. The van der Waals surface area contributed by atoms with Gasteiger partial charge >= 0.3 is 0 Å². The minimum Gasteiger partial charge on any atom is -0.497 e. The molecule has 6 nitrogen and oxygen atoms in total. The minimum atomic E-state index is 0.263. The molecule has 162 valence electrons. The highest BCUT2D eigenvalue weighted by atomic mass is 32.2. The molecule has 4 rings (SSSR count). The molecule has 1 heterocycles. The minimum absolute atomic E-state index is 0.263. The first-order valence-corrected chi connectivity index (χ1v) is 12.1. The van der Waals surface area contributed by atoms with Gasteiger partial charge in [-0.2, -0.15) is 0 Å². The summed E-state index contributed by atoms with van der Waals surface area (Å²) < 4.78 is 7.33. The van der Waals surface area contributed by atoms with Crippen molar-refractivity contribution in [1.82, 2.24) is 19.7 Å². The van der Waals surface area contributed by atoms with Crippen LogP contribution in [0.3, 0.4) is 0 Å². The van der Waals surface area contributed by atoms with Crippen LogP contribution < -0.4 is 4.74 Å². The highest BCUT2D eigenvalue weighted by Crippen LogP contribution is 2.36. The van der Waals surface area contributed by atoms with Crippen LogP contribution in [-0.4, -0.2) is 50.5 Å². The first-order chi connectivity index (χ1) is 14.6. The van der Waals surface area contributed by atoms with Gasteiger partial charge < -0.3 is 14.2 Å². The monoisotopic (exact) mass is 428 g/mol. The quantitative estimate of drug-likeness (QED) is 0.574. The molecule has 2 fully saturated rings. The van der Waals surface area contributed by atoms with Crippen molar-refractivity contribution in [1.29, 1.82) is 0 Å². The Morgan fingerprint density at radius 1 is 1.10 bits per heavy atom. The van der Waals surface area contributed by atoms with Gasteiger partial charge in [-0.05, 0) is 75.6 Å². The number of ether oxygens (including phenoxy) is 1. The van der Waals surface area contributed by atoms with Crippen LogP contribution in [-0.2, 0) is 11.3 Å². The number of benzene rings is 1. The van der Waals surface area contributed by atoms with Gasteiger partial charge in [-0.15, -0.1) is 10.2 Å². The van der Waals surface area contributed by atoms with Crippen molar-refractivity contribution in [3.63, 3.8) is 0 Å². The van der Waals surface area contributed by atoms with Crippen LogP contribution in [0.5, 0.6) is 5.75 Å². The first kappa shape index (κ1) is 21.2. The Balaban J connectivity index is 1.43. The van der Waals surface area contributed by atoms with Gasteiger partial charge in [0.15, 0.2) is 11.0 Å². The van der Waals surface area contributed by atoms with Crippen molar-refractivity contribution < 1.29 is 9.53 Å². The maximum absolute atomic E-state index is 13.2. The molecule has 30 heavy (non-hydrogen) atoms. The Morgan fingerprint density at radius 2 is 1.73 bits per heavy atom. The van der Waals surface area contributed by atoms with E-state index < -0.39 is 0 Å². The van der Waals surface area contributed by atoms with E-state index in [1.165, 1.54) is 24.6 Å². The Labute approximate surface area is 183 Å². The number of thioether (sulfide) groups is 1. The molecule has 2 aliphatic carbocycles. The molecule has 2 aliphatic rings. The Morgan fingerprint density at radius 3 is 2.30 bits per heavy atom. The number of methoxy groups -OCH3 is 1. The Kier molecular flexibility index (Phi) is 6.66. The highest BCUT2D eigenvalue weighted by Gasteiger charge is 2.38. The number of nitrogens with zero attached hydrogens (tertiary/aromatic N) is 4. The number of aromatic nitrogens is 3. The summed E-state index contributed by atoms with van der Waals surface area (Å²) in [5.74, 6) is 3.14. The second-order valence-electron chi connectivity index (χ2n) is 8.51. The van der Waals surface area contributed by atoms with E-state index in [1.807, 2.05) is 24.3 Å². The lowest BCUT2D eigenvalue weighted by atomic mass is 9.86. The molecule has 1 amide bonds. The summed E-state index contributed by atoms with van der Waals surface area (Å²) in [7, 11) is 1.66. The van der Waals surface area contributed by atoms with E-state index in [0.717, 1.165) is 60.4 Å². The summed E-state index contributed by atoms with van der Waals surface area (Å²) in [6.07, 6.45) is 7.11.